The van der Waals surface area contributed by atoms with Crippen LogP contribution >= 0.6 is 0 Å². The molecule has 0 saturated heterocycles. The van der Waals surface area contributed by atoms with Crippen molar-refractivity contribution in [2.45, 2.75) is 25.9 Å². The molecule has 0 amide bonds. The van der Waals surface area contributed by atoms with Crippen molar-refractivity contribution in [1.82, 2.24) is 20.0 Å². The molecule has 122 valence electrons. The first kappa shape index (κ1) is 15.0. The van der Waals surface area contributed by atoms with Gasteiger partial charge in [0, 0.05) is 31.0 Å². The van der Waals surface area contributed by atoms with Crippen LogP contribution in [0.4, 0.5) is 4.39 Å². The summed E-state index contributed by atoms with van der Waals surface area (Å²) in [5, 5.41) is 4.06. The molecular weight excluding hydrogens is 307 g/mol. The highest BCUT2D eigenvalue weighted by Gasteiger charge is 2.26. The number of fused-ring (bicyclic) bond motifs is 1. The van der Waals surface area contributed by atoms with Gasteiger partial charge < -0.3 is 4.52 Å². The molecule has 1 aliphatic heterocycles. The molecule has 3 aromatic rings. The fourth-order valence-corrected chi connectivity index (χ4v) is 3.05. The first-order chi connectivity index (χ1) is 11.7. The zero-order valence-electron chi connectivity index (χ0n) is 13.3. The molecule has 3 heterocycles. The second kappa shape index (κ2) is 6.13. The lowest BCUT2D eigenvalue weighted by Gasteiger charge is -2.31. The second-order valence-electron chi connectivity index (χ2n) is 6.01. The van der Waals surface area contributed by atoms with E-state index in [9.17, 15) is 4.39 Å². The Balaban J connectivity index is 1.53. The maximum atomic E-state index is 13.3. The molecular formula is C18H17FN4O. The Morgan fingerprint density at radius 3 is 3.00 bits per heavy atom. The highest BCUT2D eigenvalue weighted by Crippen LogP contribution is 2.28. The minimum absolute atomic E-state index is 0.00104. The van der Waals surface area contributed by atoms with Gasteiger partial charge in [-0.15, -0.1) is 0 Å². The molecule has 5 nitrogen and oxygen atoms in total. The summed E-state index contributed by atoms with van der Waals surface area (Å²) in [5.74, 6) is 0.956. The number of benzene rings is 1. The van der Waals surface area contributed by atoms with Gasteiger partial charge in [-0.1, -0.05) is 11.2 Å². The molecule has 0 aliphatic carbocycles. The monoisotopic (exact) mass is 324 g/mol. The summed E-state index contributed by atoms with van der Waals surface area (Å²) in [6, 6.07) is 8.75. The quantitative estimate of drug-likeness (QED) is 0.739. The van der Waals surface area contributed by atoms with Gasteiger partial charge in [0.05, 0.1) is 6.04 Å². The molecule has 1 aromatic carbocycles. The van der Waals surface area contributed by atoms with Crippen LogP contribution in [0, 0.1) is 5.82 Å². The third-order valence-corrected chi connectivity index (χ3v) is 4.48. The third-order valence-electron chi connectivity index (χ3n) is 4.48. The number of halogens is 1. The number of hydrogen-bond donors (Lipinski definition) is 0. The SMILES string of the molecule is C[C@@H](c1nc(-c2cccnc2)no1)N1CCc2cc(F)ccc2C1. The van der Waals surface area contributed by atoms with Crippen molar-refractivity contribution in [3.8, 4) is 11.4 Å². The molecule has 0 unspecified atom stereocenters. The van der Waals surface area contributed by atoms with Crippen molar-refractivity contribution in [3.63, 3.8) is 0 Å². The number of hydrogen-bond acceptors (Lipinski definition) is 5. The van der Waals surface area contributed by atoms with Gasteiger partial charge in [0.2, 0.25) is 11.7 Å². The molecule has 1 atom stereocenters. The van der Waals surface area contributed by atoms with Crippen molar-refractivity contribution in [2.24, 2.45) is 0 Å². The van der Waals surface area contributed by atoms with E-state index in [1.165, 1.54) is 6.07 Å². The van der Waals surface area contributed by atoms with E-state index in [-0.39, 0.29) is 11.9 Å². The minimum Gasteiger partial charge on any atom is -0.337 e. The lowest BCUT2D eigenvalue weighted by molar-refractivity contribution is 0.158. The molecule has 6 heteroatoms. The zero-order valence-corrected chi connectivity index (χ0v) is 13.3. The summed E-state index contributed by atoms with van der Waals surface area (Å²) in [4.78, 5) is 10.8. The van der Waals surface area contributed by atoms with Crippen LogP contribution in [0.15, 0.2) is 47.2 Å². The van der Waals surface area contributed by atoms with E-state index in [1.54, 1.807) is 18.5 Å². The van der Waals surface area contributed by atoms with E-state index in [2.05, 4.69) is 26.9 Å². The van der Waals surface area contributed by atoms with Gasteiger partial charge in [0.1, 0.15) is 5.82 Å². The van der Waals surface area contributed by atoms with E-state index in [0.717, 1.165) is 36.2 Å². The summed E-state index contributed by atoms with van der Waals surface area (Å²) >= 11 is 0. The Kier molecular flexibility index (Phi) is 3.82. The van der Waals surface area contributed by atoms with Gasteiger partial charge in [-0.2, -0.15) is 4.98 Å². The first-order valence-electron chi connectivity index (χ1n) is 7.96. The van der Waals surface area contributed by atoms with Crippen LogP contribution in [0.3, 0.4) is 0 Å². The molecule has 0 saturated carbocycles. The fraction of sp³-hybridized carbons (Fsp3) is 0.278. The Bertz CT molecular complexity index is 849. The van der Waals surface area contributed by atoms with Crippen molar-refractivity contribution < 1.29 is 8.91 Å². The normalized spacial score (nSPS) is 15.9. The molecule has 4 rings (SSSR count). The molecule has 0 spiro atoms. The summed E-state index contributed by atoms with van der Waals surface area (Å²) in [7, 11) is 0. The van der Waals surface area contributed by atoms with E-state index in [1.807, 2.05) is 18.2 Å². The molecule has 1 aliphatic rings. The van der Waals surface area contributed by atoms with Gasteiger partial charge >= 0.3 is 0 Å². The molecule has 0 radical (unpaired) electrons. The van der Waals surface area contributed by atoms with Gasteiger partial charge in [-0.25, -0.2) is 4.39 Å². The lowest BCUT2D eigenvalue weighted by Crippen LogP contribution is -2.33. The maximum absolute atomic E-state index is 13.3. The number of pyridine rings is 1. The Hall–Kier alpha value is -2.60. The Labute approximate surface area is 139 Å². The van der Waals surface area contributed by atoms with E-state index >= 15 is 0 Å². The lowest BCUT2D eigenvalue weighted by atomic mass is 9.98. The van der Waals surface area contributed by atoms with Gasteiger partial charge in [0.15, 0.2) is 0 Å². The van der Waals surface area contributed by atoms with Gasteiger partial charge in [-0.3, -0.25) is 9.88 Å². The molecule has 0 fully saturated rings. The maximum Gasteiger partial charge on any atom is 0.244 e. The van der Waals surface area contributed by atoms with Crippen molar-refractivity contribution in [2.75, 3.05) is 6.54 Å². The Morgan fingerprint density at radius 1 is 1.25 bits per heavy atom. The number of aromatic nitrogens is 3. The smallest absolute Gasteiger partial charge is 0.244 e. The van der Waals surface area contributed by atoms with E-state index in [4.69, 9.17) is 4.52 Å². The summed E-state index contributed by atoms with van der Waals surface area (Å²) in [6.07, 6.45) is 4.24. The summed E-state index contributed by atoms with van der Waals surface area (Å²) in [5.41, 5.74) is 3.07. The van der Waals surface area contributed by atoms with Gasteiger partial charge in [0.25, 0.3) is 0 Å². The molecule has 0 N–H and O–H groups in total. The average molecular weight is 324 g/mol. The molecule has 24 heavy (non-hydrogen) atoms. The highest BCUT2D eigenvalue weighted by atomic mass is 19.1. The first-order valence-corrected chi connectivity index (χ1v) is 7.96. The van der Waals surface area contributed by atoms with Crippen LogP contribution in [-0.4, -0.2) is 26.6 Å². The highest BCUT2D eigenvalue weighted by molar-refractivity contribution is 5.51. The van der Waals surface area contributed by atoms with Crippen LogP contribution in [-0.2, 0) is 13.0 Å². The molecule has 0 bridgehead atoms. The van der Waals surface area contributed by atoms with Crippen LogP contribution in [0.25, 0.3) is 11.4 Å². The number of rotatable bonds is 3. The standard InChI is InChI=1S/C18H17FN4O/c1-12(18-21-17(22-24-18)14-3-2-7-20-10-14)23-8-6-13-9-16(19)5-4-15(13)11-23/h2-5,7,9-10,12H,6,8,11H2,1H3/t12-/m0/s1. The van der Waals surface area contributed by atoms with E-state index < -0.39 is 0 Å². The summed E-state index contributed by atoms with van der Waals surface area (Å²) < 4.78 is 18.8. The number of nitrogens with zero attached hydrogens (tertiary/aromatic N) is 4. The van der Waals surface area contributed by atoms with Crippen LogP contribution in [0.1, 0.15) is 30.0 Å². The Morgan fingerprint density at radius 2 is 2.17 bits per heavy atom. The van der Waals surface area contributed by atoms with Crippen molar-refractivity contribution in [3.05, 3.63) is 65.6 Å². The fourth-order valence-electron chi connectivity index (χ4n) is 3.05. The van der Waals surface area contributed by atoms with Crippen molar-refractivity contribution in [1.29, 1.82) is 0 Å². The van der Waals surface area contributed by atoms with Gasteiger partial charge in [-0.05, 0) is 48.7 Å². The van der Waals surface area contributed by atoms with Crippen LogP contribution in [0.2, 0.25) is 0 Å². The largest absolute Gasteiger partial charge is 0.337 e. The van der Waals surface area contributed by atoms with Crippen molar-refractivity contribution >= 4 is 0 Å². The van der Waals surface area contributed by atoms with Crippen LogP contribution < -0.4 is 0 Å². The summed E-state index contributed by atoms with van der Waals surface area (Å²) in [6.45, 7) is 3.64. The predicted octanol–water partition coefficient (Wildman–Crippen LogP) is 3.39. The van der Waals surface area contributed by atoms with E-state index in [0.29, 0.717) is 11.7 Å². The minimum atomic E-state index is -0.173. The average Bonchev–Trinajstić information content (AvgIpc) is 3.11. The van der Waals surface area contributed by atoms with Crippen LogP contribution in [0.5, 0.6) is 0 Å². The zero-order chi connectivity index (χ0) is 16.5. The molecule has 2 aromatic heterocycles. The second-order valence-corrected chi connectivity index (χ2v) is 6.01. The predicted molar refractivity (Wildman–Crippen MR) is 86.5 cm³/mol. The third kappa shape index (κ3) is 2.80. The topological polar surface area (TPSA) is 55.1 Å².